The van der Waals surface area contributed by atoms with Gasteiger partial charge in [0.05, 0.1) is 5.56 Å². The zero-order valence-electron chi connectivity index (χ0n) is 19.3. The van der Waals surface area contributed by atoms with E-state index in [1.807, 2.05) is 0 Å². The summed E-state index contributed by atoms with van der Waals surface area (Å²) in [6.45, 7) is 10.3. The molecule has 6 rings (SSSR count). The molecule has 0 amide bonds. The average molecular weight is 418 g/mol. The van der Waals surface area contributed by atoms with E-state index in [1.165, 1.54) is 44.9 Å². The van der Waals surface area contributed by atoms with Crippen LogP contribution in [0.4, 0.5) is 11.4 Å². The van der Waals surface area contributed by atoms with Gasteiger partial charge < -0.3 is 4.81 Å². The summed E-state index contributed by atoms with van der Waals surface area (Å²) in [7, 11) is 0. The molecule has 2 aliphatic rings. The number of nitrogens with zero attached hydrogens (tertiary/aromatic N) is 3. The lowest BCUT2D eigenvalue weighted by molar-refractivity contribution is -0.523. The predicted molar refractivity (Wildman–Crippen MR) is 133 cm³/mol. The second-order valence-electron chi connectivity index (χ2n) is 9.71. The van der Waals surface area contributed by atoms with E-state index in [0.717, 1.165) is 6.54 Å². The van der Waals surface area contributed by atoms with Crippen molar-refractivity contribution in [1.29, 1.82) is 0 Å². The standard InChI is InChI=1S/C28H29BN3/c1-19(2)23-13-9-14-24(20(3)4)27(23)29-31-17-16-30-18-21-10-8-15-25(26(21)28(30)31)32(29)22-11-6-5-7-12-22/h5-17,19-20H,18H2,1-4H3/q+1. The van der Waals surface area contributed by atoms with E-state index in [2.05, 4.69) is 121 Å². The third kappa shape index (κ3) is 2.65. The van der Waals surface area contributed by atoms with Gasteiger partial charge in [-0.05, 0) is 41.2 Å². The number of hydrogen-bond donors (Lipinski definition) is 0. The number of hydrogen-bond acceptors (Lipinski definition) is 1. The Balaban J connectivity index is 1.72. The van der Waals surface area contributed by atoms with Crippen LogP contribution in [0.15, 0.2) is 79.1 Å². The van der Waals surface area contributed by atoms with Crippen LogP contribution in [0.1, 0.15) is 56.2 Å². The van der Waals surface area contributed by atoms with E-state index in [0.29, 0.717) is 11.8 Å². The molecule has 3 aromatic carbocycles. The van der Waals surface area contributed by atoms with E-state index in [-0.39, 0.29) is 6.98 Å². The predicted octanol–water partition coefficient (Wildman–Crippen LogP) is 5.45. The van der Waals surface area contributed by atoms with Gasteiger partial charge in [-0.2, -0.15) is 0 Å². The Hall–Kier alpha value is -3.27. The van der Waals surface area contributed by atoms with Crippen LogP contribution in [0.25, 0.3) is 11.4 Å². The molecule has 0 radical (unpaired) electrons. The van der Waals surface area contributed by atoms with Gasteiger partial charge in [-0.3, -0.25) is 4.48 Å². The van der Waals surface area contributed by atoms with Crippen LogP contribution in [-0.2, 0) is 6.54 Å². The fourth-order valence-electron chi connectivity index (χ4n) is 5.70. The van der Waals surface area contributed by atoms with Crippen LogP contribution >= 0.6 is 0 Å². The minimum atomic E-state index is 0.0745. The van der Waals surface area contributed by atoms with E-state index < -0.39 is 0 Å². The number of imidazole rings is 1. The first-order valence-corrected chi connectivity index (χ1v) is 11.8. The van der Waals surface area contributed by atoms with Gasteiger partial charge in [0.2, 0.25) is 0 Å². The normalized spacial score (nSPS) is 13.9. The van der Waals surface area contributed by atoms with Gasteiger partial charge in [-0.15, -0.1) is 0 Å². The van der Waals surface area contributed by atoms with Crippen molar-refractivity contribution in [3.05, 3.63) is 95.8 Å². The number of rotatable bonds is 4. The van der Waals surface area contributed by atoms with E-state index >= 15 is 0 Å². The summed E-state index contributed by atoms with van der Waals surface area (Å²) in [6.07, 6.45) is 4.55. The second-order valence-corrected chi connectivity index (χ2v) is 9.71. The Labute approximate surface area is 191 Å². The summed E-state index contributed by atoms with van der Waals surface area (Å²) in [6, 6.07) is 24.6. The fraction of sp³-hybridized carbons (Fsp3) is 0.250. The van der Waals surface area contributed by atoms with Gasteiger partial charge >= 0.3 is 6.98 Å². The first-order valence-electron chi connectivity index (χ1n) is 11.8. The maximum Gasteiger partial charge on any atom is 0.542 e. The van der Waals surface area contributed by atoms with E-state index in [9.17, 15) is 0 Å². The minimum absolute atomic E-state index is 0.0745. The molecule has 4 aromatic rings. The zero-order chi connectivity index (χ0) is 22.0. The van der Waals surface area contributed by atoms with Crippen LogP contribution in [0.3, 0.4) is 0 Å². The third-order valence-electron chi connectivity index (χ3n) is 7.09. The van der Waals surface area contributed by atoms with Gasteiger partial charge in [-0.25, -0.2) is 4.57 Å². The van der Waals surface area contributed by atoms with Gasteiger partial charge in [0.15, 0.2) is 0 Å². The zero-order valence-corrected chi connectivity index (χ0v) is 19.3. The molecule has 1 aromatic heterocycles. The highest BCUT2D eigenvalue weighted by molar-refractivity contribution is 6.72. The van der Waals surface area contributed by atoms with Crippen molar-refractivity contribution < 1.29 is 4.48 Å². The molecule has 0 aliphatic carbocycles. The summed E-state index contributed by atoms with van der Waals surface area (Å²) in [4.78, 5) is 2.56. The summed E-state index contributed by atoms with van der Waals surface area (Å²) < 4.78 is 4.93. The first kappa shape index (κ1) is 19.4. The molecular formula is C28H29BN3+. The van der Waals surface area contributed by atoms with Crippen molar-refractivity contribution >= 4 is 23.8 Å². The fourth-order valence-corrected chi connectivity index (χ4v) is 5.70. The second kappa shape index (κ2) is 7.13. The van der Waals surface area contributed by atoms with Crippen LogP contribution in [0, 0.1) is 0 Å². The van der Waals surface area contributed by atoms with Crippen LogP contribution in [0.2, 0.25) is 0 Å². The molecule has 0 N–H and O–H groups in total. The Morgan fingerprint density at radius 3 is 2.19 bits per heavy atom. The highest BCUT2D eigenvalue weighted by Crippen LogP contribution is 2.43. The van der Waals surface area contributed by atoms with E-state index in [1.54, 1.807) is 0 Å². The van der Waals surface area contributed by atoms with Crippen LogP contribution < -0.4 is 14.8 Å². The lowest BCUT2D eigenvalue weighted by Crippen LogP contribution is -2.70. The summed E-state index contributed by atoms with van der Waals surface area (Å²) in [5.41, 5.74) is 9.65. The highest BCUT2D eigenvalue weighted by atomic mass is 15.3. The molecule has 2 aliphatic heterocycles. The Bertz CT molecular complexity index is 1290. The smallest absolute Gasteiger partial charge is 0.339 e. The molecule has 32 heavy (non-hydrogen) atoms. The largest absolute Gasteiger partial charge is 0.542 e. The molecule has 0 atom stereocenters. The Kier molecular flexibility index (Phi) is 4.33. The van der Waals surface area contributed by atoms with Crippen molar-refractivity contribution in [2.45, 2.75) is 46.1 Å². The van der Waals surface area contributed by atoms with Gasteiger partial charge in [-0.1, -0.05) is 76.2 Å². The highest BCUT2D eigenvalue weighted by Gasteiger charge is 2.50. The summed E-state index contributed by atoms with van der Waals surface area (Å²) in [5.74, 6) is 2.23. The SMILES string of the molecule is CC(C)c1cccc(C(C)C)c1B1N(c2ccccc2)c2cccc3c2-c2n(cc[n+]21)C3. The lowest BCUT2D eigenvalue weighted by atomic mass is 9.57. The molecule has 0 saturated carbocycles. The van der Waals surface area contributed by atoms with Gasteiger partial charge in [0, 0.05) is 22.4 Å². The molecule has 0 bridgehead atoms. The number of aromatic nitrogens is 2. The molecule has 158 valence electrons. The monoisotopic (exact) mass is 418 g/mol. The molecule has 0 fully saturated rings. The molecule has 0 saturated heterocycles. The van der Waals surface area contributed by atoms with Gasteiger partial charge in [0.25, 0.3) is 5.82 Å². The molecular weight excluding hydrogens is 389 g/mol. The quantitative estimate of drug-likeness (QED) is 0.354. The van der Waals surface area contributed by atoms with Crippen molar-refractivity contribution in [1.82, 2.24) is 4.57 Å². The van der Waals surface area contributed by atoms with Gasteiger partial charge in [0.1, 0.15) is 18.9 Å². The third-order valence-corrected chi connectivity index (χ3v) is 7.09. The summed E-state index contributed by atoms with van der Waals surface area (Å²) in [5, 5.41) is 0. The summed E-state index contributed by atoms with van der Waals surface area (Å²) >= 11 is 0. The molecule has 3 heterocycles. The first-order chi connectivity index (χ1) is 15.6. The van der Waals surface area contributed by atoms with Crippen molar-refractivity contribution in [2.24, 2.45) is 0 Å². The number of para-hydroxylation sites is 1. The van der Waals surface area contributed by atoms with Crippen molar-refractivity contribution in [3.63, 3.8) is 0 Å². The van der Waals surface area contributed by atoms with Crippen molar-refractivity contribution in [3.8, 4) is 11.4 Å². The Morgan fingerprint density at radius 2 is 1.50 bits per heavy atom. The molecule has 0 spiro atoms. The molecule has 4 heteroatoms. The molecule has 3 nitrogen and oxygen atoms in total. The minimum Gasteiger partial charge on any atom is -0.339 e. The maximum absolute atomic E-state index is 2.56. The maximum atomic E-state index is 2.56. The Morgan fingerprint density at radius 1 is 0.812 bits per heavy atom. The molecule has 0 unspecified atom stereocenters. The average Bonchev–Trinajstić information content (AvgIpc) is 3.38. The van der Waals surface area contributed by atoms with Crippen LogP contribution in [0.5, 0.6) is 0 Å². The van der Waals surface area contributed by atoms with Crippen LogP contribution in [-0.4, -0.2) is 11.5 Å². The number of anilines is 2. The number of benzene rings is 3. The lowest BCUT2D eigenvalue weighted by Gasteiger charge is -2.35. The van der Waals surface area contributed by atoms with E-state index in [4.69, 9.17) is 0 Å². The van der Waals surface area contributed by atoms with Crippen molar-refractivity contribution in [2.75, 3.05) is 4.81 Å². The topological polar surface area (TPSA) is 12.1 Å².